The largest absolute Gasteiger partial charge is 0.409 e. The molecule has 0 aliphatic heterocycles. The number of benzene rings is 1. The third-order valence-electron chi connectivity index (χ3n) is 8.28. The summed E-state index contributed by atoms with van der Waals surface area (Å²) in [5.41, 5.74) is 6.60. The third-order valence-corrected chi connectivity index (χ3v) is 14.4. The minimum absolute atomic E-state index is 0.365. The van der Waals surface area contributed by atoms with E-state index in [-0.39, 0.29) is 0 Å². The molecule has 0 saturated heterocycles. The standard InChI is InChI=1S/C24H38OSi/c1-14(2)26(15(3)4,16(5)6)25-24-21-12-17(7)8-11-20(21)22-18-9-10-19(13-18)23(22)24/h8,11-12,14-16,18-19,22-24H,9-10,13H2,1-7H3/t18-,19?,22?,23+,24-/m0/s1. The summed E-state index contributed by atoms with van der Waals surface area (Å²) in [6.45, 7) is 16.8. The van der Waals surface area contributed by atoms with Gasteiger partial charge in [-0.05, 0) is 77.6 Å². The molecule has 2 fully saturated rings. The molecule has 1 aromatic carbocycles. The van der Waals surface area contributed by atoms with Gasteiger partial charge in [-0.2, -0.15) is 0 Å². The SMILES string of the molecule is Cc1ccc2c(c1)[C@H](O[Si](C(C)C)(C(C)C)C(C)C)[C@@H]1C3CC[C@@H](C3)C21. The van der Waals surface area contributed by atoms with E-state index in [0.29, 0.717) is 22.7 Å². The van der Waals surface area contributed by atoms with Crippen LogP contribution in [0.15, 0.2) is 18.2 Å². The zero-order chi connectivity index (χ0) is 18.8. The first-order valence-corrected chi connectivity index (χ1v) is 13.2. The van der Waals surface area contributed by atoms with Crippen molar-refractivity contribution in [2.24, 2.45) is 17.8 Å². The van der Waals surface area contributed by atoms with Crippen LogP contribution < -0.4 is 0 Å². The number of hydrogen-bond acceptors (Lipinski definition) is 1. The van der Waals surface area contributed by atoms with Crippen LogP contribution in [0.4, 0.5) is 0 Å². The van der Waals surface area contributed by atoms with Crippen molar-refractivity contribution in [3.8, 4) is 0 Å². The van der Waals surface area contributed by atoms with Gasteiger partial charge in [-0.25, -0.2) is 0 Å². The summed E-state index contributed by atoms with van der Waals surface area (Å²) >= 11 is 0. The Hall–Kier alpha value is -0.603. The summed E-state index contributed by atoms with van der Waals surface area (Å²) in [5, 5.41) is 0. The number of rotatable bonds is 5. The highest BCUT2D eigenvalue weighted by atomic mass is 28.4. The molecule has 2 heteroatoms. The van der Waals surface area contributed by atoms with Crippen LogP contribution in [0.3, 0.4) is 0 Å². The Balaban J connectivity index is 1.79. The average molecular weight is 371 g/mol. The fourth-order valence-corrected chi connectivity index (χ4v) is 13.0. The van der Waals surface area contributed by atoms with Crippen LogP contribution in [0.1, 0.15) is 89.5 Å². The van der Waals surface area contributed by atoms with Crippen molar-refractivity contribution in [1.29, 1.82) is 0 Å². The minimum Gasteiger partial charge on any atom is -0.409 e. The van der Waals surface area contributed by atoms with Gasteiger partial charge in [0.1, 0.15) is 0 Å². The Morgan fingerprint density at radius 3 is 2.12 bits per heavy atom. The molecule has 2 saturated carbocycles. The highest BCUT2D eigenvalue weighted by molar-refractivity contribution is 6.77. The summed E-state index contributed by atoms with van der Waals surface area (Å²) < 4.78 is 7.47. The second kappa shape index (κ2) is 6.48. The van der Waals surface area contributed by atoms with E-state index >= 15 is 0 Å². The Labute approximate surface area is 162 Å². The van der Waals surface area contributed by atoms with Crippen molar-refractivity contribution in [2.45, 2.75) is 96.4 Å². The quantitative estimate of drug-likeness (QED) is 0.491. The molecule has 5 atom stereocenters. The monoisotopic (exact) mass is 370 g/mol. The summed E-state index contributed by atoms with van der Waals surface area (Å²) in [5.74, 6) is 3.37. The molecular formula is C24H38OSi. The van der Waals surface area contributed by atoms with Gasteiger partial charge in [0.05, 0.1) is 6.10 Å². The molecule has 2 bridgehead atoms. The van der Waals surface area contributed by atoms with Crippen molar-refractivity contribution in [2.75, 3.05) is 0 Å². The number of fused-ring (bicyclic) bond motifs is 7. The van der Waals surface area contributed by atoms with Crippen molar-refractivity contribution in [3.05, 3.63) is 34.9 Å². The highest BCUT2D eigenvalue weighted by Gasteiger charge is 2.58. The predicted molar refractivity (Wildman–Crippen MR) is 113 cm³/mol. The molecule has 3 aliphatic rings. The van der Waals surface area contributed by atoms with Gasteiger partial charge in [0, 0.05) is 0 Å². The highest BCUT2D eigenvalue weighted by Crippen LogP contribution is 2.66. The van der Waals surface area contributed by atoms with Gasteiger partial charge >= 0.3 is 0 Å². The van der Waals surface area contributed by atoms with E-state index in [1.165, 1.54) is 24.8 Å². The van der Waals surface area contributed by atoms with Crippen LogP contribution in [-0.4, -0.2) is 8.32 Å². The third kappa shape index (κ3) is 2.51. The molecule has 0 N–H and O–H groups in total. The first-order chi connectivity index (χ1) is 12.3. The minimum atomic E-state index is -1.87. The second-order valence-corrected chi connectivity index (χ2v) is 15.8. The summed E-state index contributed by atoms with van der Waals surface area (Å²) in [7, 11) is -1.87. The summed E-state index contributed by atoms with van der Waals surface area (Å²) in [4.78, 5) is 0. The molecule has 0 heterocycles. The lowest BCUT2D eigenvalue weighted by molar-refractivity contribution is 0.0848. The maximum Gasteiger partial charge on any atom is 0.201 e. The molecule has 26 heavy (non-hydrogen) atoms. The fourth-order valence-electron chi connectivity index (χ4n) is 7.45. The van der Waals surface area contributed by atoms with E-state index in [4.69, 9.17) is 4.43 Å². The first-order valence-electron chi connectivity index (χ1n) is 11.1. The van der Waals surface area contributed by atoms with E-state index < -0.39 is 8.32 Å². The smallest absolute Gasteiger partial charge is 0.201 e. The molecule has 2 unspecified atom stereocenters. The van der Waals surface area contributed by atoms with E-state index in [0.717, 1.165) is 23.7 Å². The molecule has 4 rings (SSSR count). The zero-order valence-electron chi connectivity index (χ0n) is 17.9. The number of hydrogen-bond donors (Lipinski definition) is 0. The molecule has 3 aliphatic carbocycles. The predicted octanol–water partition coefficient (Wildman–Crippen LogP) is 7.37. The van der Waals surface area contributed by atoms with Gasteiger partial charge in [0.2, 0.25) is 8.32 Å². The lowest BCUT2D eigenvalue weighted by Crippen LogP contribution is -2.49. The van der Waals surface area contributed by atoms with Crippen LogP contribution in [0, 0.1) is 24.7 Å². The van der Waals surface area contributed by atoms with E-state index in [2.05, 4.69) is 66.7 Å². The fraction of sp³-hybridized carbons (Fsp3) is 0.750. The normalized spacial score (nSPS) is 32.8. The zero-order valence-corrected chi connectivity index (χ0v) is 18.9. The molecule has 0 aromatic heterocycles. The van der Waals surface area contributed by atoms with Crippen LogP contribution in [-0.2, 0) is 4.43 Å². The van der Waals surface area contributed by atoms with Crippen molar-refractivity contribution >= 4 is 8.32 Å². The average Bonchev–Trinajstić information content (AvgIpc) is 3.23. The van der Waals surface area contributed by atoms with Gasteiger partial charge in [0.15, 0.2) is 0 Å². The maximum atomic E-state index is 7.47. The van der Waals surface area contributed by atoms with E-state index in [1.54, 1.807) is 11.1 Å². The van der Waals surface area contributed by atoms with E-state index in [1.807, 2.05) is 0 Å². The Bertz CT molecular complexity index is 655. The Kier molecular flexibility index (Phi) is 4.67. The van der Waals surface area contributed by atoms with Gasteiger partial charge in [-0.1, -0.05) is 65.3 Å². The van der Waals surface area contributed by atoms with E-state index in [9.17, 15) is 0 Å². The van der Waals surface area contributed by atoms with Crippen LogP contribution in [0.5, 0.6) is 0 Å². The first kappa shape index (κ1) is 18.7. The van der Waals surface area contributed by atoms with Crippen molar-refractivity contribution < 1.29 is 4.43 Å². The molecule has 1 aromatic rings. The molecule has 0 amide bonds. The van der Waals surface area contributed by atoms with Gasteiger partial charge in [0.25, 0.3) is 0 Å². The van der Waals surface area contributed by atoms with Gasteiger partial charge < -0.3 is 4.43 Å². The van der Waals surface area contributed by atoms with Crippen molar-refractivity contribution in [1.82, 2.24) is 0 Å². The molecule has 1 nitrogen and oxygen atoms in total. The van der Waals surface area contributed by atoms with Crippen LogP contribution in [0.2, 0.25) is 16.6 Å². The second-order valence-electron chi connectivity index (χ2n) is 10.4. The topological polar surface area (TPSA) is 9.23 Å². The van der Waals surface area contributed by atoms with Crippen molar-refractivity contribution in [3.63, 3.8) is 0 Å². The molecule has 0 radical (unpaired) electrons. The summed E-state index contributed by atoms with van der Waals surface area (Å²) in [6.07, 6.45) is 4.72. The maximum absolute atomic E-state index is 7.47. The Morgan fingerprint density at radius 2 is 1.50 bits per heavy atom. The lowest BCUT2D eigenvalue weighted by atomic mass is 9.79. The number of aryl methyl sites for hydroxylation is 1. The van der Waals surface area contributed by atoms with Crippen LogP contribution in [0.25, 0.3) is 0 Å². The summed E-state index contributed by atoms with van der Waals surface area (Å²) in [6, 6.07) is 7.26. The molecular weight excluding hydrogens is 332 g/mol. The molecule has 0 spiro atoms. The van der Waals surface area contributed by atoms with Crippen LogP contribution >= 0.6 is 0 Å². The Morgan fingerprint density at radius 1 is 0.885 bits per heavy atom. The lowest BCUT2D eigenvalue weighted by Gasteiger charge is -2.46. The molecule has 144 valence electrons. The van der Waals surface area contributed by atoms with Gasteiger partial charge in [-0.3, -0.25) is 0 Å². The van der Waals surface area contributed by atoms with Gasteiger partial charge in [-0.15, -0.1) is 0 Å².